The molecule has 4 rings (SSSR count). The van der Waals surface area contributed by atoms with Gasteiger partial charge in [-0.3, -0.25) is 14.7 Å². The summed E-state index contributed by atoms with van der Waals surface area (Å²) < 4.78 is 0. The first-order valence-electron chi connectivity index (χ1n) is 10.8. The van der Waals surface area contributed by atoms with Gasteiger partial charge in [0.1, 0.15) is 0 Å². The van der Waals surface area contributed by atoms with Crippen molar-refractivity contribution in [3.63, 3.8) is 0 Å². The van der Waals surface area contributed by atoms with Crippen LogP contribution in [0, 0.1) is 0 Å². The third-order valence-corrected chi connectivity index (χ3v) is 6.08. The van der Waals surface area contributed by atoms with E-state index in [0.29, 0.717) is 12.6 Å². The first-order chi connectivity index (χ1) is 13.8. The van der Waals surface area contributed by atoms with E-state index in [4.69, 9.17) is 4.98 Å². The van der Waals surface area contributed by atoms with Gasteiger partial charge in [0.05, 0.1) is 18.3 Å². The van der Waals surface area contributed by atoms with Crippen LogP contribution in [0.2, 0.25) is 0 Å². The van der Waals surface area contributed by atoms with E-state index in [-0.39, 0.29) is 11.9 Å². The van der Waals surface area contributed by atoms with Crippen LogP contribution >= 0.6 is 0 Å². The van der Waals surface area contributed by atoms with Gasteiger partial charge in [-0.2, -0.15) is 0 Å². The molecule has 1 saturated carbocycles. The minimum atomic E-state index is 0.180. The highest BCUT2D eigenvalue weighted by molar-refractivity contribution is 5.78. The van der Waals surface area contributed by atoms with Gasteiger partial charge in [-0.25, -0.2) is 0 Å². The molecule has 1 saturated heterocycles. The smallest absolute Gasteiger partial charge is 0.234 e. The number of nitrogens with one attached hydrogen (secondary N) is 1. The molecule has 1 aliphatic carbocycles. The Hall–Kier alpha value is -2.20. The average molecular weight is 378 g/mol. The molecule has 2 fully saturated rings. The van der Waals surface area contributed by atoms with Crippen LogP contribution in [0.3, 0.4) is 0 Å². The lowest BCUT2D eigenvalue weighted by molar-refractivity contribution is -0.123. The standard InChI is InChI=1S/C24H31N3O/c28-24(26-20-11-5-2-6-12-20)18-27-16-8-15-23(27)22-14-7-13-21(25-22)17-19-9-3-1-4-10-19/h1,3-4,7,9-10,13-14,20,23H,2,5-6,8,11-12,15-18H2,(H,26,28). The van der Waals surface area contributed by atoms with Gasteiger partial charge < -0.3 is 5.32 Å². The summed E-state index contributed by atoms with van der Waals surface area (Å²) in [5.41, 5.74) is 3.49. The minimum Gasteiger partial charge on any atom is -0.352 e. The number of benzene rings is 1. The van der Waals surface area contributed by atoms with Crippen molar-refractivity contribution >= 4 is 5.91 Å². The second-order valence-corrected chi connectivity index (χ2v) is 8.25. The first kappa shape index (κ1) is 19.1. The van der Waals surface area contributed by atoms with Crippen LogP contribution in [0.4, 0.5) is 0 Å². The van der Waals surface area contributed by atoms with Crippen molar-refractivity contribution in [2.75, 3.05) is 13.1 Å². The van der Waals surface area contributed by atoms with Crippen molar-refractivity contribution in [2.45, 2.75) is 63.5 Å². The molecule has 0 spiro atoms. The van der Waals surface area contributed by atoms with Gasteiger partial charge in [0.2, 0.25) is 5.91 Å². The average Bonchev–Trinajstić information content (AvgIpc) is 3.18. The van der Waals surface area contributed by atoms with Crippen molar-refractivity contribution in [1.29, 1.82) is 0 Å². The second kappa shape index (κ2) is 9.33. The lowest BCUT2D eigenvalue weighted by Gasteiger charge is -2.27. The molecule has 2 heterocycles. The SMILES string of the molecule is O=C(CN1CCCC1c1cccc(Cc2ccccc2)n1)NC1CCCCC1. The Labute approximate surface area is 168 Å². The molecule has 4 nitrogen and oxygen atoms in total. The van der Waals surface area contributed by atoms with Gasteiger partial charge in [0.25, 0.3) is 0 Å². The number of amides is 1. The van der Waals surface area contributed by atoms with E-state index in [1.807, 2.05) is 6.07 Å². The molecule has 28 heavy (non-hydrogen) atoms. The third-order valence-electron chi connectivity index (χ3n) is 6.08. The minimum absolute atomic E-state index is 0.180. The fourth-order valence-electron chi connectivity index (χ4n) is 4.64. The van der Waals surface area contributed by atoms with E-state index in [2.05, 4.69) is 52.7 Å². The van der Waals surface area contributed by atoms with Crippen LogP contribution in [0.5, 0.6) is 0 Å². The molecule has 1 aromatic carbocycles. The highest BCUT2D eigenvalue weighted by atomic mass is 16.2. The van der Waals surface area contributed by atoms with Gasteiger partial charge in [-0.05, 0) is 49.9 Å². The van der Waals surface area contributed by atoms with Crippen molar-refractivity contribution in [1.82, 2.24) is 15.2 Å². The van der Waals surface area contributed by atoms with Crippen LogP contribution in [0.1, 0.15) is 67.9 Å². The molecular formula is C24H31N3O. The summed E-state index contributed by atoms with van der Waals surface area (Å²) in [4.78, 5) is 19.8. The lowest BCUT2D eigenvalue weighted by atomic mass is 9.95. The molecule has 1 unspecified atom stereocenters. The molecular weight excluding hydrogens is 346 g/mol. The van der Waals surface area contributed by atoms with Crippen LogP contribution in [-0.2, 0) is 11.2 Å². The van der Waals surface area contributed by atoms with E-state index in [1.54, 1.807) is 0 Å². The summed E-state index contributed by atoms with van der Waals surface area (Å²) in [6.45, 7) is 1.47. The molecule has 1 N–H and O–H groups in total. The molecule has 1 atom stereocenters. The van der Waals surface area contributed by atoms with Crippen molar-refractivity contribution < 1.29 is 4.79 Å². The fraction of sp³-hybridized carbons (Fsp3) is 0.500. The van der Waals surface area contributed by atoms with Crippen molar-refractivity contribution in [3.8, 4) is 0 Å². The van der Waals surface area contributed by atoms with Gasteiger partial charge in [-0.15, -0.1) is 0 Å². The number of aromatic nitrogens is 1. The van der Waals surface area contributed by atoms with Crippen molar-refractivity contribution in [3.05, 3.63) is 65.5 Å². The maximum Gasteiger partial charge on any atom is 0.234 e. The molecule has 148 valence electrons. The molecule has 2 aliphatic rings. The number of carbonyl (C=O) groups is 1. The van der Waals surface area contributed by atoms with Gasteiger partial charge >= 0.3 is 0 Å². The van der Waals surface area contributed by atoms with E-state index in [0.717, 1.165) is 50.0 Å². The Bertz CT molecular complexity index is 770. The predicted octanol–water partition coefficient (Wildman–Crippen LogP) is 4.26. The fourth-order valence-corrected chi connectivity index (χ4v) is 4.64. The van der Waals surface area contributed by atoms with Crippen LogP contribution < -0.4 is 5.32 Å². The van der Waals surface area contributed by atoms with Gasteiger partial charge in [0, 0.05) is 18.2 Å². The second-order valence-electron chi connectivity index (χ2n) is 8.25. The van der Waals surface area contributed by atoms with Crippen LogP contribution in [0.25, 0.3) is 0 Å². The highest BCUT2D eigenvalue weighted by Gasteiger charge is 2.29. The zero-order valence-corrected chi connectivity index (χ0v) is 16.6. The summed E-state index contributed by atoms with van der Waals surface area (Å²) in [7, 11) is 0. The van der Waals surface area contributed by atoms with Crippen molar-refractivity contribution in [2.24, 2.45) is 0 Å². The maximum atomic E-state index is 12.6. The molecule has 4 heteroatoms. The maximum absolute atomic E-state index is 12.6. The number of pyridine rings is 1. The Morgan fingerprint density at radius 1 is 0.964 bits per heavy atom. The summed E-state index contributed by atoms with van der Waals surface area (Å²) in [5, 5.41) is 3.26. The first-order valence-corrected chi connectivity index (χ1v) is 10.8. The Morgan fingerprint density at radius 2 is 1.79 bits per heavy atom. The molecule has 2 aromatic rings. The molecule has 1 aromatic heterocycles. The van der Waals surface area contributed by atoms with E-state index in [1.165, 1.54) is 24.8 Å². The zero-order valence-electron chi connectivity index (χ0n) is 16.6. The van der Waals surface area contributed by atoms with E-state index in [9.17, 15) is 4.79 Å². The monoisotopic (exact) mass is 377 g/mol. The van der Waals surface area contributed by atoms with Crippen LogP contribution in [-0.4, -0.2) is 34.9 Å². The summed E-state index contributed by atoms with van der Waals surface area (Å²) in [5.74, 6) is 0.180. The van der Waals surface area contributed by atoms with E-state index < -0.39 is 0 Å². The number of rotatable bonds is 6. The molecule has 1 aliphatic heterocycles. The Kier molecular flexibility index (Phi) is 6.38. The third kappa shape index (κ3) is 4.99. The Morgan fingerprint density at radius 3 is 2.61 bits per heavy atom. The number of likely N-dealkylation sites (tertiary alicyclic amines) is 1. The summed E-state index contributed by atoms with van der Waals surface area (Å²) in [6, 6.07) is 17.5. The zero-order chi connectivity index (χ0) is 19.2. The molecule has 0 radical (unpaired) electrons. The molecule has 0 bridgehead atoms. The number of hydrogen-bond donors (Lipinski definition) is 1. The van der Waals surface area contributed by atoms with Gasteiger partial charge in [-0.1, -0.05) is 55.7 Å². The Balaban J connectivity index is 1.38. The lowest BCUT2D eigenvalue weighted by Crippen LogP contribution is -2.42. The van der Waals surface area contributed by atoms with Crippen LogP contribution in [0.15, 0.2) is 48.5 Å². The quantitative estimate of drug-likeness (QED) is 0.818. The topological polar surface area (TPSA) is 45.2 Å². The summed E-state index contributed by atoms with van der Waals surface area (Å²) in [6.07, 6.45) is 9.14. The highest BCUT2D eigenvalue weighted by Crippen LogP contribution is 2.30. The normalized spacial score (nSPS) is 20.9. The number of carbonyl (C=O) groups excluding carboxylic acids is 1. The van der Waals surface area contributed by atoms with Gasteiger partial charge in [0.15, 0.2) is 0 Å². The summed E-state index contributed by atoms with van der Waals surface area (Å²) >= 11 is 0. The number of nitrogens with zero attached hydrogens (tertiary/aromatic N) is 2. The number of hydrogen-bond acceptors (Lipinski definition) is 3. The predicted molar refractivity (Wildman–Crippen MR) is 112 cm³/mol. The molecule has 1 amide bonds. The van der Waals surface area contributed by atoms with E-state index >= 15 is 0 Å². The largest absolute Gasteiger partial charge is 0.352 e.